The van der Waals surface area contributed by atoms with Gasteiger partial charge in [0.25, 0.3) is 0 Å². The van der Waals surface area contributed by atoms with Crippen molar-refractivity contribution in [3.8, 4) is 0 Å². The van der Waals surface area contributed by atoms with Gasteiger partial charge in [0.2, 0.25) is 10.1 Å². The van der Waals surface area contributed by atoms with Crippen LogP contribution in [-0.2, 0) is 12.7 Å². The molecular weight excluding hydrogens is 362 g/mol. The first-order valence-electron chi connectivity index (χ1n) is 5.33. The number of alkyl halides is 3. The minimum atomic E-state index is -4.49. The highest BCUT2D eigenvalue weighted by Gasteiger charge is 2.36. The Hall–Kier alpha value is -1.22. The number of hydrogen-bond acceptors (Lipinski definition) is 4. The van der Waals surface area contributed by atoms with Crippen molar-refractivity contribution in [2.75, 3.05) is 11.9 Å². The number of benzene rings is 1. The van der Waals surface area contributed by atoms with Crippen molar-refractivity contribution in [2.24, 2.45) is 0 Å². The van der Waals surface area contributed by atoms with Crippen LogP contribution in [0.25, 0.3) is 0 Å². The maximum Gasteiger partial charge on any atom is 0.445 e. The van der Waals surface area contributed by atoms with E-state index in [2.05, 4.69) is 26.1 Å². The summed E-state index contributed by atoms with van der Waals surface area (Å²) in [6.07, 6.45) is -4.49. The van der Waals surface area contributed by atoms with E-state index >= 15 is 0 Å². The van der Waals surface area contributed by atoms with E-state index in [0.717, 1.165) is 5.56 Å². The Labute approximate surface area is 124 Å². The lowest BCUT2D eigenvalue weighted by atomic mass is 10.2. The standard InChI is InChI=1S/C11H8BrF4N3S/c1-19(5-6-2-3-7(13)4-8(6)12)10-18-17-9(20-10)11(14,15)16/h2-4H,5H2,1H3. The number of anilines is 1. The molecule has 0 spiro atoms. The second-order valence-corrected chi connectivity index (χ2v) is 5.79. The second kappa shape index (κ2) is 5.65. The minimum absolute atomic E-state index is 0.147. The molecule has 9 heteroatoms. The van der Waals surface area contributed by atoms with Gasteiger partial charge < -0.3 is 4.90 Å². The summed E-state index contributed by atoms with van der Waals surface area (Å²) >= 11 is 3.67. The van der Waals surface area contributed by atoms with E-state index in [1.807, 2.05) is 0 Å². The summed E-state index contributed by atoms with van der Waals surface area (Å²) in [7, 11) is 1.59. The van der Waals surface area contributed by atoms with Crippen molar-refractivity contribution in [1.82, 2.24) is 10.2 Å². The van der Waals surface area contributed by atoms with E-state index in [0.29, 0.717) is 15.8 Å². The normalized spacial score (nSPS) is 11.7. The fourth-order valence-electron chi connectivity index (χ4n) is 1.46. The summed E-state index contributed by atoms with van der Waals surface area (Å²) in [5, 5.41) is 5.79. The summed E-state index contributed by atoms with van der Waals surface area (Å²) in [4.78, 5) is 1.52. The molecule has 0 saturated heterocycles. The van der Waals surface area contributed by atoms with Crippen molar-refractivity contribution < 1.29 is 17.6 Å². The Kier molecular flexibility index (Phi) is 4.28. The third-order valence-corrected chi connectivity index (χ3v) is 4.23. The van der Waals surface area contributed by atoms with Crippen molar-refractivity contribution >= 4 is 32.4 Å². The van der Waals surface area contributed by atoms with Crippen molar-refractivity contribution in [3.05, 3.63) is 39.1 Å². The summed E-state index contributed by atoms with van der Waals surface area (Å²) in [5.41, 5.74) is 0.734. The average Bonchev–Trinajstić information content (AvgIpc) is 2.82. The smallest absolute Gasteiger partial charge is 0.345 e. The van der Waals surface area contributed by atoms with Gasteiger partial charge in [0.15, 0.2) is 0 Å². The molecule has 108 valence electrons. The molecule has 0 amide bonds. The van der Waals surface area contributed by atoms with E-state index in [9.17, 15) is 17.6 Å². The van der Waals surface area contributed by atoms with E-state index in [1.54, 1.807) is 13.1 Å². The Balaban J connectivity index is 2.16. The molecule has 20 heavy (non-hydrogen) atoms. The Morgan fingerprint density at radius 1 is 1.30 bits per heavy atom. The SMILES string of the molecule is CN(Cc1ccc(F)cc1Br)c1nnc(C(F)(F)F)s1. The maximum absolute atomic E-state index is 13.0. The molecule has 0 saturated carbocycles. The Morgan fingerprint density at radius 2 is 2.00 bits per heavy atom. The van der Waals surface area contributed by atoms with Crippen LogP contribution in [0.5, 0.6) is 0 Å². The molecular formula is C11H8BrF4N3S. The molecule has 1 heterocycles. The molecule has 0 atom stereocenters. The van der Waals surface area contributed by atoms with Gasteiger partial charge in [0.1, 0.15) is 5.82 Å². The van der Waals surface area contributed by atoms with Crippen molar-refractivity contribution in [1.29, 1.82) is 0 Å². The van der Waals surface area contributed by atoms with Crippen LogP contribution in [0.1, 0.15) is 10.6 Å². The quantitative estimate of drug-likeness (QED) is 0.762. The fourth-order valence-corrected chi connectivity index (χ4v) is 2.61. The Morgan fingerprint density at radius 3 is 2.55 bits per heavy atom. The molecule has 0 unspecified atom stereocenters. The highest BCUT2D eigenvalue weighted by atomic mass is 79.9. The van der Waals surface area contributed by atoms with Gasteiger partial charge in [-0.25, -0.2) is 4.39 Å². The molecule has 2 rings (SSSR count). The largest absolute Gasteiger partial charge is 0.445 e. The maximum atomic E-state index is 13.0. The lowest BCUT2D eigenvalue weighted by Gasteiger charge is -2.16. The summed E-state index contributed by atoms with van der Waals surface area (Å²) in [6, 6.07) is 4.14. The minimum Gasteiger partial charge on any atom is -0.345 e. The van der Waals surface area contributed by atoms with E-state index < -0.39 is 17.0 Å². The first-order valence-corrected chi connectivity index (χ1v) is 6.94. The molecule has 0 radical (unpaired) electrons. The van der Waals surface area contributed by atoms with Gasteiger partial charge in [-0.3, -0.25) is 0 Å². The number of aromatic nitrogens is 2. The van der Waals surface area contributed by atoms with Crippen LogP contribution in [0, 0.1) is 5.82 Å². The fraction of sp³-hybridized carbons (Fsp3) is 0.273. The van der Waals surface area contributed by atoms with Crippen LogP contribution in [-0.4, -0.2) is 17.2 Å². The highest BCUT2D eigenvalue weighted by Crippen LogP contribution is 2.34. The van der Waals surface area contributed by atoms with Gasteiger partial charge in [0.05, 0.1) is 0 Å². The van der Waals surface area contributed by atoms with Crippen LogP contribution in [0.2, 0.25) is 0 Å². The molecule has 1 aromatic carbocycles. The zero-order chi connectivity index (χ0) is 14.9. The summed E-state index contributed by atoms with van der Waals surface area (Å²) in [5.74, 6) is -0.390. The van der Waals surface area contributed by atoms with E-state index in [-0.39, 0.29) is 11.7 Å². The summed E-state index contributed by atoms with van der Waals surface area (Å²) in [6.45, 7) is 0.285. The number of halogens is 5. The molecule has 2 aromatic rings. The lowest BCUT2D eigenvalue weighted by molar-refractivity contribution is -0.138. The number of nitrogens with zero attached hydrogens (tertiary/aromatic N) is 3. The van der Waals surface area contributed by atoms with Crippen LogP contribution >= 0.6 is 27.3 Å². The zero-order valence-electron chi connectivity index (χ0n) is 10.1. The molecule has 0 bridgehead atoms. The average molecular weight is 370 g/mol. The topological polar surface area (TPSA) is 29.0 Å². The summed E-state index contributed by atoms with van der Waals surface area (Å²) < 4.78 is 50.8. The van der Waals surface area contributed by atoms with E-state index in [4.69, 9.17) is 0 Å². The predicted molar refractivity (Wildman–Crippen MR) is 71.1 cm³/mol. The highest BCUT2D eigenvalue weighted by molar-refractivity contribution is 9.10. The van der Waals surface area contributed by atoms with Gasteiger partial charge in [-0.05, 0) is 17.7 Å². The lowest BCUT2D eigenvalue weighted by Crippen LogP contribution is -2.16. The van der Waals surface area contributed by atoms with Gasteiger partial charge in [-0.1, -0.05) is 33.3 Å². The molecule has 0 aliphatic carbocycles. The molecule has 1 aromatic heterocycles. The van der Waals surface area contributed by atoms with Crippen molar-refractivity contribution in [2.45, 2.75) is 12.7 Å². The number of hydrogen-bond donors (Lipinski definition) is 0. The van der Waals surface area contributed by atoms with Crippen LogP contribution < -0.4 is 4.90 Å². The third-order valence-electron chi connectivity index (χ3n) is 2.41. The predicted octanol–water partition coefficient (Wildman–Crippen LogP) is 4.09. The molecule has 3 nitrogen and oxygen atoms in total. The third kappa shape index (κ3) is 3.45. The monoisotopic (exact) mass is 369 g/mol. The van der Waals surface area contributed by atoms with Crippen LogP contribution in [0.4, 0.5) is 22.7 Å². The molecule has 0 aliphatic rings. The van der Waals surface area contributed by atoms with E-state index in [1.165, 1.54) is 17.0 Å². The molecule has 0 N–H and O–H groups in total. The van der Waals surface area contributed by atoms with Crippen LogP contribution in [0.3, 0.4) is 0 Å². The Bertz CT molecular complexity index is 614. The van der Waals surface area contributed by atoms with Crippen molar-refractivity contribution in [3.63, 3.8) is 0 Å². The van der Waals surface area contributed by atoms with Crippen LogP contribution in [0.15, 0.2) is 22.7 Å². The number of rotatable bonds is 3. The second-order valence-electron chi connectivity index (χ2n) is 3.98. The van der Waals surface area contributed by atoms with Gasteiger partial charge in [-0.2, -0.15) is 13.2 Å². The molecule has 0 fully saturated rings. The first kappa shape index (κ1) is 15.2. The molecule has 0 aliphatic heterocycles. The van der Waals surface area contributed by atoms with Gasteiger partial charge in [-0.15, -0.1) is 10.2 Å². The van der Waals surface area contributed by atoms with Gasteiger partial charge in [0, 0.05) is 18.1 Å². The van der Waals surface area contributed by atoms with Gasteiger partial charge >= 0.3 is 6.18 Å². The zero-order valence-corrected chi connectivity index (χ0v) is 12.5. The first-order chi connectivity index (χ1) is 9.27.